The highest BCUT2D eigenvalue weighted by Crippen LogP contribution is 2.64. The molecule has 0 saturated heterocycles. The van der Waals surface area contributed by atoms with Crippen LogP contribution in [0.4, 0.5) is 0 Å². The van der Waals surface area contributed by atoms with Crippen molar-refractivity contribution in [3.05, 3.63) is 35.4 Å². The molecule has 1 aromatic carbocycles. The summed E-state index contributed by atoms with van der Waals surface area (Å²) in [7, 11) is 4.23. The minimum Gasteiger partial charge on any atom is -0.311 e. The standard InChI is InChI=1S/C17H26N2/c1-19(2)11-10-18-13-14-5-7-15(8-6-14)17-9-3-4-16(17)12-17/h5-8,16,18H,3-4,9-13H2,1-2H3. The summed E-state index contributed by atoms with van der Waals surface area (Å²) in [5, 5.41) is 3.50. The fourth-order valence-electron chi connectivity index (χ4n) is 3.72. The molecule has 0 amide bonds. The minimum absolute atomic E-state index is 0.608. The van der Waals surface area contributed by atoms with Crippen LogP contribution in [0.2, 0.25) is 0 Å². The molecule has 0 bridgehead atoms. The van der Waals surface area contributed by atoms with Gasteiger partial charge in [0, 0.05) is 19.6 Å². The first kappa shape index (κ1) is 13.1. The Morgan fingerprint density at radius 3 is 2.63 bits per heavy atom. The van der Waals surface area contributed by atoms with E-state index in [2.05, 4.69) is 48.6 Å². The van der Waals surface area contributed by atoms with Crippen molar-refractivity contribution in [2.75, 3.05) is 27.2 Å². The van der Waals surface area contributed by atoms with E-state index < -0.39 is 0 Å². The molecule has 2 aliphatic carbocycles. The van der Waals surface area contributed by atoms with Crippen LogP contribution in [0.1, 0.15) is 36.8 Å². The number of hydrogen-bond donors (Lipinski definition) is 1. The van der Waals surface area contributed by atoms with Gasteiger partial charge >= 0.3 is 0 Å². The molecule has 0 heterocycles. The Hall–Kier alpha value is -0.860. The monoisotopic (exact) mass is 258 g/mol. The molecular formula is C17H26N2. The highest BCUT2D eigenvalue weighted by atomic mass is 15.1. The van der Waals surface area contributed by atoms with Gasteiger partial charge in [0.05, 0.1) is 0 Å². The van der Waals surface area contributed by atoms with Gasteiger partial charge in [-0.1, -0.05) is 30.7 Å². The summed E-state index contributed by atoms with van der Waals surface area (Å²) in [5.41, 5.74) is 3.62. The van der Waals surface area contributed by atoms with E-state index in [0.29, 0.717) is 5.41 Å². The van der Waals surface area contributed by atoms with Gasteiger partial charge in [0.15, 0.2) is 0 Å². The molecule has 2 atom stereocenters. The van der Waals surface area contributed by atoms with Crippen molar-refractivity contribution in [3.8, 4) is 0 Å². The fourth-order valence-corrected chi connectivity index (χ4v) is 3.72. The van der Waals surface area contributed by atoms with Gasteiger partial charge in [-0.15, -0.1) is 0 Å². The van der Waals surface area contributed by atoms with E-state index in [1.165, 1.54) is 31.2 Å². The molecule has 1 N–H and O–H groups in total. The van der Waals surface area contributed by atoms with Crippen molar-refractivity contribution in [3.63, 3.8) is 0 Å². The zero-order chi connectivity index (χ0) is 13.3. The topological polar surface area (TPSA) is 15.3 Å². The zero-order valence-electron chi connectivity index (χ0n) is 12.3. The summed E-state index contributed by atoms with van der Waals surface area (Å²) in [6, 6.07) is 9.41. The van der Waals surface area contributed by atoms with Crippen LogP contribution in [0.25, 0.3) is 0 Å². The molecule has 0 aromatic heterocycles. The quantitative estimate of drug-likeness (QED) is 0.789. The summed E-state index contributed by atoms with van der Waals surface area (Å²) >= 11 is 0. The van der Waals surface area contributed by atoms with Crippen LogP contribution in [0.3, 0.4) is 0 Å². The largest absolute Gasteiger partial charge is 0.311 e. The first-order chi connectivity index (χ1) is 9.21. The van der Waals surface area contributed by atoms with Gasteiger partial charge in [-0.2, -0.15) is 0 Å². The van der Waals surface area contributed by atoms with Gasteiger partial charge in [-0.05, 0) is 55.8 Å². The molecule has 2 unspecified atom stereocenters. The maximum absolute atomic E-state index is 3.50. The van der Waals surface area contributed by atoms with Crippen LogP contribution in [-0.4, -0.2) is 32.1 Å². The van der Waals surface area contributed by atoms with Gasteiger partial charge in [-0.25, -0.2) is 0 Å². The lowest BCUT2D eigenvalue weighted by molar-refractivity contribution is 0.400. The van der Waals surface area contributed by atoms with E-state index in [-0.39, 0.29) is 0 Å². The average Bonchev–Trinajstić information content (AvgIpc) is 2.98. The molecular weight excluding hydrogens is 232 g/mol. The molecule has 2 saturated carbocycles. The second-order valence-corrected chi connectivity index (χ2v) is 6.63. The van der Waals surface area contributed by atoms with Crippen LogP contribution < -0.4 is 5.32 Å². The van der Waals surface area contributed by atoms with E-state index in [9.17, 15) is 0 Å². The normalized spacial score (nSPS) is 28.7. The summed E-state index contributed by atoms with van der Waals surface area (Å²) in [6.07, 6.45) is 5.79. The number of nitrogens with zero attached hydrogens (tertiary/aromatic N) is 1. The molecule has 104 valence electrons. The molecule has 0 spiro atoms. The van der Waals surface area contributed by atoms with E-state index in [1.807, 2.05) is 0 Å². The Balaban J connectivity index is 1.52. The summed E-state index contributed by atoms with van der Waals surface area (Å²) in [4.78, 5) is 2.21. The second kappa shape index (κ2) is 5.26. The third-order valence-corrected chi connectivity index (χ3v) is 5.00. The first-order valence-corrected chi connectivity index (χ1v) is 7.65. The third-order valence-electron chi connectivity index (χ3n) is 5.00. The molecule has 2 aliphatic rings. The first-order valence-electron chi connectivity index (χ1n) is 7.65. The molecule has 2 heteroatoms. The lowest BCUT2D eigenvalue weighted by atomic mass is 9.92. The van der Waals surface area contributed by atoms with Crippen molar-refractivity contribution in [2.45, 2.75) is 37.6 Å². The zero-order valence-corrected chi connectivity index (χ0v) is 12.3. The summed E-state index contributed by atoms with van der Waals surface area (Å²) in [6.45, 7) is 3.15. The van der Waals surface area contributed by atoms with Crippen LogP contribution in [0.5, 0.6) is 0 Å². The molecule has 2 fully saturated rings. The number of rotatable bonds is 6. The van der Waals surface area contributed by atoms with Crippen LogP contribution in [0.15, 0.2) is 24.3 Å². The van der Waals surface area contributed by atoms with E-state index in [4.69, 9.17) is 0 Å². The van der Waals surface area contributed by atoms with E-state index >= 15 is 0 Å². The highest BCUT2D eigenvalue weighted by molar-refractivity contribution is 5.37. The number of likely N-dealkylation sites (N-methyl/N-ethyl adjacent to an activating group) is 1. The Labute approximate surface area is 117 Å². The second-order valence-electron chi connectivity index (χ2n) is 6.63. The van der Waals surface area contributed by atoms with Crippen molar-refractivity contribution < 1.29 is 0 Å². The maximum atomic E-state index is 3.50. The van der Waals surface area contributed by atoms with E-state index in [1.54, 1.807) is 5.56 Å². The number of hydrogen-bond acceptors (Lipinski definition) is 2. The third kappa shape index (κ3) is 2.70. The van der Waals surface area contributed by atoms with Gasteiger partial charge in [0.1, 0.15) is 0 Å². The van der Waals surface area contributed by atoms with Crippen LogP contribution in [-0.2, 0) is 12.0 Å². The Kier molecular flexibility index (Phi) is 3.64. The maximum Gasteiger partial charge on any atom is 0.0206 e. The molecule has 19 heavy (non-hydrogen) atoms. The van der Waals surface area contributed by atoms with Gasteiger partial charge in [0.2, 0.25) is 0 Å². The molecule has 0 radical (unpaired) electrons. The predicted octanol–water partition coefficient (Wildman–Crippen LogP) is 2.78. The summed E-state index contributed by atoms with van der Waals surface area (Å²) in [5.74, 6) is 1.01. The number of fused-ring (bicyclic) bond motifs is 1. The van der Waals surface area contributed by atoms with Crippen molar-refractivity contribution >= 4 is 0 Å². The summed E-state index contributed by atoms with van der Waals surface area (Å²) < 4.78 is 0. The fraction of sp³-hybridized carbons (Fsp3) is 0.647. The SMILES string of the molecule is CN(C)CCNCc1ccc(C23CCCC2C3)cc1. The number of nitrogens with one attached hydrogen (secondary N) is 1. The van der Waals surface area contributed by atoms with Gasteiger partial charge in [-0.3, -0.25) is 0 Å². The Bertz CT molecular complexity index is 423. The lowest BCUT2D eigenvalue weighted by Crippen LogP contribution is -2.26. The lowest BCUT2D eigenvalue weighted by Gasteiger charge is -2.14. The van der Waals surface area contributed by atoms with Gasteiger partial charge in [0.25, 0.3) is 0 Å². The predicted molar refractivity (Wildman–Crippen MR) is 80.3 cm³/mol. The Morgan fingerprint density at radius 2 is 2.05 bits per heavy atom. The molecule has 3 rings (SSSR count). The van der Waals surface area contributed by atoms with Crippen molar-refractivity contribution in [1.29, 1.82) is 0 Å². The van der Waals surface area contributed by atoms with Crippen LogP contribution in [0, 0.1) is 5.92 Å². The minimum atomic E-state index is 0.608. The van der Waals surface area contributed by atoms with Crippen molar-refractivity contribution in [2.24, 2.45) is 5.92 Å². The highest BCUT2D eigenvalue weighted by Gasteiger charge is 2.57. The molecule has 0 aliphatic heterocycles. The molecule has 1 aromatic rings. The van der Waals surface area contributed by atoms with Crippen molar-refractivity contribution in [1.82, 2.24) is 10.2 Å². The smallest absolute Gasteiger partial charge is 0.0206 e. The average molecular weight is 258 g/mol. The van der Waals surface area contributed by atoms with Crippen LogP contribution >= 0.6 is 0 Å². The van der Waals surface area contributed by atoms with E-state index in [0.717, 1.165) is 25.6 Å². The Morgan fingerprint density at radius 1 is 1.26 bits per heavy atom. The molecule has 2 nitrogen and oxygen atoms in total. The number of benzene rings is 1. The van der Waals surface area contributed by atoms with Gasteiger partial charge < -0.3 is 10.2 Å².